The Morgan fingerprint density at radius 3 is 2.45 bits per heavy atom. The topological polar surface area (TPSA) is 47.3 Å². The molecule has 0 bridgehead atoms. The Bertz CT molecular complexity index is 468. The van der Waals surface area contributed by atoms with Gasteiger partial charge in [0.2, 0.25) is 0 Å². The van der Waals surface area contributed by atoms with Gasteiger partial charge in [-0.25, -0.2) is 5.43 Å². The molecule has 0 fully saturated rings. The van der Waals surface area contributed by atoms with Gasteiger partial charge in [0.15, 0.2) is 0 Å². The zero-order valence-corrected chi connectivity index (χ0v) is 10.9. The monoisotopic (exact) mass is 286 g/mol. The van der Waals surface area contributed by atoms with E-state index in [0.29, 0.717) is 13.0 Å². The summed E-state index contributed by atoms with van der Waals surface area (Å²) in [7, 11) is 0. The van der Waals surface area contributed by atoms with E-state index in [1.165, 1.54) is 12.1 Å². The second-order valence-electron chi connectivity index (χ2n) is 4.72. The van der Waals surface area contributed by atoms with Gasteiger partial charge < -0.3 is 4.74 Å². The van der Waals surface area contributed by atoms with E-state index in [-0.39, 0.29) is 6.04 Å². The summed E-state index contributed by atoms with van der Waals surface area (Å²) in [5.41, 5.74) is 2.78. The highest BCUT2D eigenvalue weighted by atomic mass is 19.4. The third-order valence-electron chi connectivity index (χ3n) is 3.23. The van der Waals surface area contributed by atoms with Crippen molar-refractivity contribution < 1.29 is 17.9 Å². The maximum atomic E-state index is 12.5. The molecule has 0 aromatic heterocycles. The fourth-order valence-corrected chi connectivity index (χ4v) is 2.13. The number of benzene rings is 1. The normalized spacial score (nSPS) is 17.3. The van der Waals surface area contributed by atoms with Gasteiger partial charge in [0.1, 0.15) is 5.76 Å². The van der Waals surface area contributed by atoms with E-state index in [1.54, 1.807) is 0 Å². The second kappa shape index (κ2) is 6.28. The van der Waals surface area contributed by atoms with E-state index in [9.17, 15) is 13.2 Å². The number of allylic oxidation sites excluding steroid dienone is 1. The van der Waals surface area contributed by atoms with Crippen molar-refractivity contribution in [3.63, 3.8) is 0 Å². The predicted molar refractivity (Wildman–Crippen MR) is 69.5 cm³/mol. The number of hydrazine groups is 1. The standard InChI is InChI=1S/C14H17F3N2O/c15-14(16,17)11-6-4-10(5-7-11)9-12(19-18)13-3-1-2-8-20-13/h3-7,12,19H,1-2,8-9,18H2. The molecule has 1 aromatic carbocycles. The van der Waals surface area contributed by atoms with E-state index in [2.05, 4.69) is 5.43 Å². The Kier molecular flexibility index (Phi) is 4.67. The molecule has 1 heterocycles. The van der Waals surface area contributed by atoms with Crippen LogP contribution in [-0.2, 0) is 17.3 Å². The van der Waals surface area contributed by atoms with Gasteiger partial charge in [0, 0.05) is 0 Å². The van der Waals surface area contributed by atoms with Gasteiger partial charge in [-0.1, -0.05) is 12.1 Å². The lowest BCUT2D eigenvalue weighted by molar-refractivity contribution is -0.137. The molecule has 1 unspecified atom stereocenters. The highest BCUT2D eigenvalue weighted by Gasteiger charge is 2.30. The summed E-state index contributed by atoms with van der Waals surface area (Å²) >= 11 is 0. The van der Waals surface area contributed by atoms with E-state index < -0.39 is 11.7 Å². The summed E-state index contributed by atoms with van der Waals surface area (Å²) in [6.07, 6.45) is 0.0548. The van der Waals surface area contributed by atoms with Crippen molar-refractivity contribution in [2.45, 2.75) is 31.5 Å². The third kappa shape index (κ3) is 3.74. The molecule has 110 valence electrons. The van der Waals surface area contributed by atoms with Gasteiger partial charge in [0.25, 0.3) is 0 Å². The number of alkyl halides is 3. The zero-order chi connectivity index (χ0) is 14.6. The Hall–Kier alpha value is -1.53. The molecular formula is C14H17F3N2O. The van der Waals surface area contributed by atoms with Crippen LogP contribution in [0.4, 0.5) is 13.2 Å². The third-order valence-corrected chi connectivity index (χ3v) is 3.23. The van der Waals surface area contributed by atoms with E-state index >= 15 is 0 Å². The lowest BCUT2D eigenvalue weighted by Gasteiger charge is -2.23. The van der Waals surface area contributed by atoms with Crippen molar-refractivity contribution in [2.24, 2.45) is 5.84 Å². The second-order valence-corrected chi connectivity index (χ2v) is 4.72. The summed E-state index contributed by atoms with van der Waals surface area (Å²) in [6.45, 7) is 0.650. The van der Waals surface area contributed by atoms with Crippen LogP contribution in [0.3, 0.4) is 0 Å². The highest BCUT2D eigenvalue weighted by molar-refractivity contribution is 5.26. The number of halogens is 3. The van der Waals surface area contributed by atoms with Crippen molar-refractivity contribution in [3.8, 4) is 0 Å². The molecule has 2 rings (SSSR count). The maximum absolute atomic E-state index is 12.5. The van der Waals surface area contributed by atoms with Gasteiger partial charge in [-0.3, -0.25) is 5.84 Å². The Balaban J connectivity index is 2.06. The molecule has 0 aliphatic carbocycles. The van der Waals surface area contributed by atoms with Crippen LogP contribution < -0.4 is 11.3 Å². The lowest BCUT2D eigenvalue weighted by atomic mass is 10.0. The minimum absolute atomic E-state index is 0.216. The smallest absolute Gasteiger partial charge is 0.416 e. The van der Waals surface area contributed by atoms with Gasteiger partial charge in [-0.05, 0) is 43.0 Å². The van der Waals surface area contributed by atoms with Crippen LogP contribution in [-0.4, -0.2) is 12.6 Å². The Labute approximate surface area is 115 Å². The molecule has 0 spiro atoms. The van der Waals surface area contributed by atoms with Gasteiger partial charge in [-0.15, -0.1) is 0 Å². The average Bonchev–Trinajstić information content (AvgIpc) is 2.45. The molecule has 20 heavy (non-hydrogen) atoms. The number of hydrogen-bond acceptors (Lipinski definition) is 3. The lowest BCUT2D eigenvalue weighted by Crippen LogP contribution is -2.39. The van der Waals surface area contributed by atoms with E-state index in [4.69, 9.17) is 10.6 Å². The van der Waals surface area contributed by atoms with E-state index in [1.807, 2.05) is 6.08 Å². The van der Waals surface area contributed by atoms with Crippen LogP contribution in [0.5, 0.6) is 0 Å². The van der Waals surface area contributed by atoms with Gasteiger partial charge in [-0.2, -0.15) is 13.2 Å². The van der Waals surface area contributed by atoms with Crippen molar-refractivity contribution in [2.75, 3.05) is 6.61 Å². The number of ether oxygens (including phenoxy) is 1. The van der Waals surface area contributed by atoms with Crippen LogP contribution in [0, 0.1) is 0 Å². The Morgan fingerprint density at radius 2 is 1.95 bits per heavy atom. The van der Waals surface area contributed by atoms with Crippen LogP contribution in [0.1, 0.15) is 24.0 Å². The van der Waals surface area contributed by atoms with Gasteiger partial charge in [0.05, 0.1) is 18.2 Å². The van der Waals surface area contributed by atoms with Crippen molar-refractivity contribution in [3.05, 3.63) is 47.2 Å². The molecule has 3 N–H and O–H groups in total. The van der Waals surface area contributed by atoms with Crippen molar-refractivity contribution in [1.29, 1.82) is 0 Å². The minimum atomic E-state index is -4.31. The summed E-state index contributed by atoms with van der Waals surface area (Å²) < 4.78 is 43.0. The van der Waals surface area contributed by atoms with Crippen molar-refractivity contribution in [1.82, 2.24) is 5.43 Å². The molecule has 1 aliphatic rings. The Morgan fingerprint density at radius 1 is 1.25 bits per heavy atom. The van der Waals surface area contributed by atoms with Crippen LogP contribution in [0.2, 0.25) is 0 Å². The fourth-order valence-electron chi connectivity index (χ4n) is 2.13. The zero-order valence-electron chi connectivity index (χ0n) is 10.9. The first-order valence-electron chi connectivity index (χ1n) is 6.46. The largest absolute Gasteiger partial charge is 0.497 e. The molecule has 6 heteroatoms. The molecule has 0 radical (unpaired) electrons. The SMILES string of the molecule is NNC(Cc1ccc(C(F)(F)F)cc1)C1=CCCCO1. The first-order chi connectivity index (χ1) is 9.50. The number of rotatable bonds is 4. The number of nitrogens with two attached hydrogens (primary N) is 1. The average molecular weight is 286 g/mol. The summed E-state index contributed by atoms with van der Waals surface area (Å²) in [4.78, 5) is 0. The highest BCUT2D eigenvalue weighted by Crippen LogP contribution is 2.29. The molecule has 0 saturated heterocycles. The fraction of sp³-hybridized carbons (Fsp3) is 0.429. The molecule has 0 amide bonds. The summed E-state index contributed by atoms with van der Waals surface area (Å²) in [6, 6.07) is 4.89. The number of nitrogens with one attached hydrogen (secondary N) is 1. The van der Waals surface area contributed by atoms with Gasteiger partial charge >= 0.3 is 6.18 Å². The minimum Gasteiger partial charge on any atom is -0.497 e. The molecule has 0 saturated carbocycles. The van der Waals surface area contributed by atoms with Crippen LogP contribution in [0.25, 0.3) is 0 Å². The molecule has 3 nitrogen and oxygen atoms in total. The molecule has 1 aromatic rings. The van der Waals surface area contributed by atoms with Crippen LogP contribution >= 0.6 is 0 Å². The molecular weight excluding hydrogens is 269 g/mol. The van der Waals surface area contributed by atoms with Crippen molar-refractivity contribution >= 4 is 0 Å². The first kappa shape index (κ1) is 14.9. The molecule has 1 aliphatic heterocycles. The molecule has 1 atom stereocenters. The predicted octanol–water partition coefficient (Wildman–Crippen LogP) is 2.77. The van der Waals surface area contributed by atoms with E-state index in [0.717, 1.165) is 36.3 Å². The number of hydrogen-bond donors (Lipinski definition) is 2. The van der Waals surface area contributed by atoms with Crippen LogP contribution in [0.15, 0.2) is 36.1 Å². The quantitative estimate of drug-likeness (QED) is 0.661. The first-order valence-corrected chi connectivity index (χ1v) is 6.46. The summed E-state index contributed by atoms with van der Waals surface area (Å²) in [5, 5.41) is 0. The summed E-state index contributed by atoms with van der Waals surface area (Å²) in [5.74, 6) is 6.26. The maximum Gasteiger partial charge on any atom is 0.416 e.